The van der Waals surface area contributed by atoms with Gasteiger partial charge in [-0.1, -0.05) is 30.3 Å². The Labute approximate surface area is 212 Å². The lowest BCUT2D eigenvalue weighted by Gasteiger charge is -2.41. The number of ether oxygens (including phenoxy) is 2. The summed E-state index contributed by atoms with van der Waals surface area (Å²) in [4.78, 5) is 16.9. The second kappa shape index (κ2) is 13.1. The van der Waals surface area contributed by atoms with Crippen LogP contribution in [0.3, 0.4) is 0 Å². The zero-order chi connectivity index (χ0) is 22.5. The molecular formula is C24H33Cl2N3O5. The molecule has 0 radical (unpaired) electrons. The number of amides is 1. The van der Waals surface area contributed by atoms with E-state index in [1.165, 1.54) is 0 Å². The van der Waals surface area contributed by atoms with Gasteiger partial charge >= 0.3 is 0 Å². The van der Waals surface area contributed by atoms with Crippen LogP contribution in [0, 0.1) is 0 Å². The van der Waals surface area contributed by atoms with Crippen molar-refractivity contribution in [2.75, 3.05) is 51.3 Å². The van der Waals surface area contributed by atoms with Crippen molar-refractivity contribution in [1.82, 2.24) is 10.2 Å². The standard InChI is InChI=1S/C24H31N3O5.2ClH/c1-31-19-10-6-5-9-18(19)26-11-13-27(14-12-26)22-20(32-21(16-28)23(22)29)15-25-24(30)17-7-3-2-4-8-17;;/h2-10,20-23,28-29H,11-16H2,1H3,(H,25,30);2*1H/t20-,21+,22+,23-;;/m1../s1. The second-order valence-corrected chi connectivity index (χ2v) is 8.15. The third kappa shape index (κ3) is 6.13. The molecule has 2 fully saturated rings. The summed E-state index contributed by atoms with van der Waals surface area (Å²) in [5.41, 5.74) is 1.63. The highest BCUT2D eigenvalue weighted by Gasteiger charge is 2.46. The van der Waals surface area contributed by atoms with Crippen molar-refractivity contribution in [3.8, 4) is 5.75 Å². The number of rotatable bonds is 7. The molecule has 10 heteroatoms. The van der Waals surface area contributed by atoms with Gasteiger partial charge in [0.1, 0.15) is 18.0 Å². The molecule has 8 nitrogen and oxygen atoms in total. The smallest absolute Gasteiger partial charge is 0.251 e. The molecule has 0 spiro atoms. The number of aliphatic hydroxyl groups is 2. The molecule has 0 saturated carbocycles. The summed E-state index contributed by atoms with van der Waals surface area (Å²) in [6, 6.07) is 16.6. The Morgan fingerprint density at radius 3 is 2.32 bits per heavy atom. The number of aliphatic hydroxyl groups excluding tert-OH is 2. The number of hydrogen-bond acceptors (Lipinski definition) is 7. The molecule has 0 aliphatic carbocycles. The van der Waals surface area contributed by atoms with Gasteiger partial charge in [0.25, 0.3) is 5.91 Å². The van der Waals surface area contributed by atoms with Gasteiger partial charge in [-0.15, -0.1) is 24.8 Å². The molecule has 2 heterocycles. The van der Waals surface area contributed by atoms with Crippen LogP contribution in [-0.2, 0) is 4.74 Å². The molecule has 3 N–H and O–H groups in total. The van der Waals surface area contributed by atoms with Gasteiger partial charge in [-0.3, -0.25) is 9.69 Å². The fraction of sp³-hybridized carbons (Fsp3) is 0.458. The number of nitrogens with one attached hydrogen (secondary N) is 1. The Kier molecular flexibility index (Phi) is 10.9. The summed E-state index contributed by atoms with van der Waals surface area (Å²) in [5, 5.41) is 23.4. The average Bonchev–Trinajstić information content (AvgIpc) is 3.18. The average molecular weight is 514 g/mol. The van der Waals surface area contributed by atoms with E-state index in [9.17, 15) is 15.0 Å². The van der Waals surface area contributed by atoms with Crippen LogP contribution in [0.15, 0.2) is 54.6 Å². The summed E-state index contributed by atoms with van der Waals surface area (Å²) in [6.45, 7) is 3.00. The molecule has 0 bridgehead atoms. The number of anilines is 1. The summed E-state index contributed by atoms with van der Waals surface area (Å²) in [5.74, 6) is 0.655. The van der Waals surface area contributed by atoms with E-state index < -0.39 is 18.3 Å². The Morgan fingerprint density at radius 1 is 1.03 bits per heavy atom. The van der Waals surface area contributed by atoms with Crippen LogP contribution in [0.1, 0.15) is 10.4 Å². The van der Waals surface area contributed by atoms with Crippen LogP contribution in [0.5, 0.6) is 5.75 Å². The van der Waals surface area contributed by atoms with Gasteiger partial charge in [-0.2, -0.15) is 0 Å². The number of piperazine rings is 1. The number of carbonyl (C=O) groups is 1. The lowest BCUT2D eigenvalue weighted by Crippen LogP contribution is -2.57. The second-order valence-electron chi connectivity index (χ2n) is 8.15. The van der Waals surface area contributed by atoms with Crippen molar-refractivity contribution in [2.45, 2.75) is 24.4 Å². The minimum absolute atomic E-state index is 0. The molecule has 2 saturated heterocycles. The SMILES string of the molecule is COc1ccccc1N1CCN([C@@H]2[C@H](O)[C@H](CO)O[C@@H]2CNC(=O)c2ccccc2)CC1.Cl.Cl. The highest BCUT2D eigenvalue weighted by molar-refractivity contribution is 5.94. The zero-order valence-corrected chi connectivity index (χ0v) is 20.7. The van der Waals surface area contributed by atoms with Crippen LogP contribution < -0.4 is 15.0 Å². The molecule has 2 aliphatic rings. The van der Waals surface area contributed by atoms with Gasteiger partial charge in [0.2, 0.25) is 0 Å². The number of halogens is 2. The molecule has 4 atom stereocenters. The van der Waals surface area contributed by atoms with Crippen LogP contribution >= 0.6 is 24.8 Å². The fourth-order valence-corrected chi connectivity index (χ4v) is 4.63. The maximum absolute atomic E-state index is 12.5. The van der Waals surface area contributed by atoms with Gasteiger partial charge in [-0.25, -0.2) is 0 Å². The van der Waals surface area contributed by atoms with Gasteiger partial charge in [0, 0.05) is 38.3 Å². The molecule has 2 aromatic carbocycles. The first-order valence-electron chi connectivity index (χ1n) is 11.0. The quantitative estimate of drug-likeness (QED) is 0.517. The van der Waals surface area contributed by atoms with Crippen molar-refractivity contribution in [3.05, 3.63) is 60.2 Å². The van der Waals surface area contributed by atoms with E-state index in [4.69, 9.17) is 9.47 Å². The fourth-order valence-electron chi connectivity index (χ4n) is 4.63. The van der Waals surface area contributed by atoms with Crippen molar-refractivity contribution < 1.29 is 24.5 Å². The Hall–Kier alpha value is -2.07. The summed E-state index contributed by atoms with van der Waals surface area (Å²) >= 11 is 0. The summed E-state index contributed by atoms with van der Waals surface area (Å²) < 4.78 is 11.4. The number of para-hydroxylation sites is 2. The van der Waals surface area contributed by atoms with E-state index in [0.29, 0.717) is 5.56 Å². The highest BCUT2D eigenvalue weighted by atomic mass is 35.5. The lowest BCUT2D eigenvalue weighted by atomic mass is 10.0. The van der Waals surface area contributed by atoms with Crippen LogP contribution in [0.4, 0.5) is 5.69 Å². The monoisotopic (exact) mass is 513 g/mol. The summed E-state index contributed by atoms with van der Waals surface area (Å²) in [7, 11) is 1.67. The number of carbonyl (C=O) groups excluding carboxylic acids is 1. The third-order valence-corrected chi connectivity index (χ3v) is 6.30. The van der Waals surface area contributed by atoms with Crippen molar-refractivity contribution in [3.63, 3.8) is 0 Å². The Balaban J connectivity index is 0.00000204. The number of benzene rings is 2. The van der Waals surface area contributed by atoms with Gasteiger partial charge < -0.3 is 29.9 Å². The van der Waals surface area contributed by atoms with Gasteiger partial charge in [-0.05, 0) is 24.3 Å². The molecule has 188 valence electrons. The predicted octanol–water partition coefficient (Wildman–Crippen LogP) is 1.58. The minimum Gasteiger partial charge on any atom is -0.495 e. The van der Waals surface area contributed by atoms with Crippen LogP contribution in [-0.4, -0.2) is 91.8 Å². The van der Waals surface area contributed by atoms with E-state index in [0.717, 1.165) is 37.6 Å². The third-order valence-electron chi connectivity index (χ3n) is 6.30. The molecule has 1 amide bonds. The largest absolute Gasteiger partial charge is 0.495 e. The van der Waals surface area contributed by atoms with Gasteiger partial charge in [0.05, 0.1) is 31.5 Å². The zero-order valence-electron chi connectivity index (χ0n) is 19.1. The highest BCUT2D eigenvalue weighted by Crippen LogP contribution is 2.31. The van der Waals surface area contributed by atoms with E-state index in [2.05, 4.69) is 15.1 Å². The van der Waals surface area contributed by atoms with Crippen molar-refractivity contribution >= 4 is 36.4 Å². The maximum Gasteiger partial charge on any atom is 0.251 e. The van der Waals surface area contributed by atoms with Crippen molar-refractivity contribution in [2.24, 2.45) is 0 Å². The van der Waals surface area contributed by atoms with E-state index >= 15 is 0 Å². The lowest BCUT2D eigenvalue weighted by molar-refractivity contribution is -0.0209. The molecular weight excluding hydrogens is 481 g/mol. The number of methoxy groups -OCH3 is 1. The molecule has 0 unspecified atom stereocenters. The van der Waals surface area contributed by atoms with Gasteiger partial charge in [0.15, 0.2) is 0 Å². The molecule has 34 heavy (non-hydrogen) atoms. The number of nitrogens with zero attached hydrogens (tertiary/aromatic N) is 2. The summed E-state index contributed by atoms with van der Waals surface area (Å²) in [6.07, 6.45) is -1.89. The van der Waals surface area contributed by atoms with E-state index in [-0.39, 0.29) is 49.9 Å². The van der Waals surface area contributed by atoms with E-state index in [1.54, 1.807) is 19.2 Å². The first-order valence-corrected chi connectivity index (χ1v) is 11.0. The Bertz CT molecular complexity index is 899. The normalized spacial score (nSPS) is 24.6. The van der Waals surface area contributed by atoms with Crippen LogP contribution in [0.2, 0.25) is 0 Å². The molecule has 2 aromatic rings. The molecule has 2 aliphatic heterocycles. The first kappa shape index (κ1) is 28.2. The molecule has 4 rings (SSSR count). The first-order chi connectivity index (χ1) is 15.6. The number of hydrogen-bond donors (Lipinski definition) is 3. The maximum atomic E-state index is 12.5. The van der Waals surface area contributed by atoms with Crippen LogP contribution in [0.25, 0.3) is 0 Å². The predicted molar refractivity (Wildman–Crippen MR) is 136 cm³/mol. The molecule has 0 aromatic heterocycles. The minimum atomic E-state index is -0.823. The van der Waals surface area contributed by atoms with Crippen molar-refractivity contribution in [1.29, 1.82) is 0 Å². The topological polar surface area (TPSA) is 94.5 Å². The van der Waals surface area contributed by atoms with E-state index in [1.807, 2.05) is 42.5 Å². The Morgan fingerprint density at radius 2 is 1.68 bits per heavy atom.